The number of thioether (sulfide) groups is 1. The van der Waals surface area contributed by atoms with Crippen molar-refractivity contribution in [3.8, 4) is 11.5 Å². The standard InChI is InChI=1S/C14H10N4OS2/c1-2-5-18-11(3-1)7-15-14(18)21-9-12-16-13(19-17-12)10-4-6-20-8-10/h1-8H,9H2. The normalized spacial score (nSPS) is 11.2. The highest BCUT2D eigenvalue weighted by molar-refractivity contribution is 7.98. The van der Waals surface area contributed by atoms with Gasteiger partial charge in [0.2, 0.25) is 0 Å². The first-order valence-corrected chi connectivity index (χ1v) is 8.23. The van der Waals surface area contributed by atoms with Gasteiger partial charge in [-0.05, 0) is 23.6 Å². The molecule has 0 spiro atoms. The van der Waals surface area contributed by atoms with Crippen molar-refractivity contribution >= 4 is 28.6 Å². The average molecular weight is 314 g/mol. The van der Waals surface area contributed by atoms with E-state index >= 15 is 0 Å². The molecule has 5 nitrogen and oxygen atoms in total. The van der Waals surface area contributed by atoms with Crippen LogP contribution in [0.25, 0.3) is 17.0 Å². The molecule has 104 valence electrons. The molecule has 4 aromatic heterocycles. The second kappa shape index (κ2) is 5.34. The van der Waals surface area contributed by atoms with Gasteiger partial charge in [-0.3, -0.25) is 4.40 Å². The zero-order valence-corrected chi connectivity index (χ0v) is 12.5. The van der Waals surface area contributed by atoms with Crippen molar-refractivity contribution in [1.29, 1.82) is 0 Å². The Hall–Kier alpha value is -2.12. The molecule has 0 radical (unpaired) electrons. The largest absolute Gasteiger partial charge is 0.334 e. The predicted octanol–water partition coefficient (Wildman–Crippen LogP) is 3.74. The molecule has 0 atom stereocenters. The van der Waals surface area contributed by atoms with Crippen LogP contribution in [-0.4, -0.2) is 19.5 Å². The van der Waals surface area contributed by atoms with E-state index in [2.05, 4.69) is 15.1 Å². The number of hydrogen-bond acceptors (Lipinski definition) is 6. The first-order valence-electron chi connectivity index (χ1n) is 6.30. The molecule has 0 saturated heterocycles. The predicted molar refractivity (Wildman–Crippen MR) is 82.4 cm³/mol. The van der Waals surface area contributed by atoms with E-state index < -0.39 is 0 Å². The minimum Gasteiger partial charge on any atom is -0.334 e. The Bertz CT molecular complexity index is 866. The van der Waals surface area contributed by atoms with Crippen molar-refractivity contribution in [3.63, 3.8) is 0 Å². The summed E-state index contributed by atoms with van der Waals surface area (Å²) in [6, 6.07) is 7.98. The summed E-state index contributed by atoms with van der Waals surface area (Å²) in [5.41, 5.74) is 2.04. The summed E-state index contributed by atoms with van der Waals surface area (Å²) >= 11 is 3.20. The maximum absolute atomic E-state index is 5.27. The molecule has 4 heterocycles. The molecule has 0 amide bonds. The fraction of sp³-hybridized carbons (Fsp3) is 0.0714. The van der Waals surface area contributed by atoms with E-state index in [1.807, 2.05) is 51.8 Å². The van der Waals surface area contributed by atoms with Crippen molar-refractivity contribution in [2.24, 2.45) is 0 Å². The third kappa shape index (κ3) is 2.45. The van der Waals surface area contributed by atoms with Crippen LogP contribution in [0.5, 0.6) is 0 Å². The lowest BCUT2D eigenvalue weighted by molar-refractivity contribution is 0.425. The van der Waals surface area contributed by atoms with Crippen molar-refractivity contribution in [3.05, 3.63) is 53.2 Å². The summed E-state index contributed by atoms with van der Waals surface area (Å²) < 4.78 is 7.32. The van der Waals surface area contributed by atoms with Gasteiger partial charge in [-0.1, -0.05) is 23.0 Å². The topological polar surface area (TPSA) is 56.2 Å². The van der Waals surface area contributed by atoms with Crippen LogP contribution in [-0.2, 0) is 5.75 Å². The van der Waals surface area contributed by atoms with Crippen LogP contribution in [0.2, 0.25) is 0 Å². The van der Waals surface area contributed by atoms with Crippen LogP contribution in [0, 0.1) is 0 Å². The van der Waals surface area contributed by atoms with Gasteiger partial charge in [0.25, 0.3) is 5.89 Å². The lowest BCUT2D eigenvalue weighted by Gasteiger charge is -1.97. The van der Waals surface area contributed by atoms with Gasteiger partial charge in [-0.2, -0.15) is 16.3 Å². The number of aromatic nitrogens is 4. The Morgan fingerprint density at radius 2 is 2.29 bits per heavy atom. The average Bonchev–Trinajstić information content (AvgIpc) is 3.25. The fourth-order valence-electron chi connectivity index (χ4n) is 1.97. The van der Waals surface area contributed by atoms with Gasteiger partial charge >= 0.3 is 0 Å². The van der Waals surface area contributed by atoms with E-state index in [0.29, 0.717) is 17.5 Å². The Labute approximate surface area is 128 Å². The third-order valence-corrected chi connectivity index (χ3v) is 4.62. The number of imidazole rings is 1. The Balaban J connectivity index is 1.52. The minimum atomic E-state index is 0.569. The summed E-state index contributed by atoms with van der Waals surface area (Å²) in [5.74, 6) is 1.87. The third-order valence-electron chi connectivity index (χ3n) is 2.97. The number of thiophene rings is 1. The van der Waals surface area contributed by atoms with Crippen molar-refractivity contribution in [2.45, 2.75) is 10.9 Å². The molecule has 0 bridgehead atoms. The van der Waals surface area contributed by atoms with Gasteiger partial charge in [0.05, 0.1) is 23.0 Å². The van der Waals surface area contributed by atoms with Crippen LogP contribution < -0.4 is 0 Å². The Morgan fingerprint density at radius 1 is 1.29 bits per heavy atom. The molecule has 0 fully saturated rings. The molecule has 0 saturated carbocycles. The van der Waals surface area contributed by atoms with Crippen LogP contribution in [0.4, 0.5) is 0 Å². The molecule has 0 aliphatic heterocycles. The molecule has 21 heavy (non-hydrogen) atoms. The molecule has 4 aromatic rings. The number of hydrogen-bond donors (Lipinski definition) is 0. The number of pyridine rings is 1. The van der Waals surface area contributed by atoms with Crippen LogP contribution in [0.1, 0.15) is 5.82 Å². The van der Waals surface area contributed by atoms with Gasteiger partial charge in [-0.15, -0.1) is 0 Å². The maximum atomic E-state index is 5.27. The Kier molecular flexibility index (Phi) is 3.21. The zero-order valence-electron chi connectivity index (χ0n) is 10.8. The van der Waals surface area contributed by atoms with E-state index in [1.54, 1.807) is 23.1 Å². The molecular formula is C14H10N4OS2. The van der Waals surface area contributed by atoms with E-state index in [9.17, 15) is 0 Å². The second-order valence-corrected chi connectivity index (χ2v) is 6.08. The molecule has 0 unspecified atom stereocenters. The molecular weight excluding hydrogens is 304 g/mol. The quantitative estimate of drug-likeness (QED) is 0.537. The zero-order chi connectivity index (χ0) is 14.1. The monoisotopic (exact) mass is 314 g/mol. The highest BCUT2D eigenvalue weighted by atomic mass is 32.2. The molecule has 4 rings (SSSR count). The highest BCUT2D eigenvalue weighted by Gasteiger charge is 2.11. The van der Waals surface area contributed by atoms with E-state index in [0.717, 1.165) is 16.2 Å². The smallest absolute Gasteiger partial charge is 0.258 e. The Morgan fingerprint density at radius 3 is 3.19 bits per heavy atom. The SMILES string of the molecule is c1ccn2c(SCc3noc(-c4ccsc4)n3)ncc2c1. The number of rotatable bonds is 4. The van der Waals surface area contributed by atoms with E-state index in [-0.39, 0.29) is 0 Å². The molecule has 0 aliphatic carbocycles. The van der Waals surface area contributed by atoms with Crippen LogP contribution >= 0.6 is 23.1 Å². The van der Waals surface area contributed by atoms with Gasteiger partial charge < -0.3 is 4.52 Å². The lowest BCUT2D eigenvalue weighted by Crippen LogP contribution is -1.89. The fourth-order valence-corrected chi connectivity index (χ4v) is 3.41. The van der Waals surface area contributed by atoms with Gasteiger partial charge in [0, 0.05) is 11.6 Å². The lowest BCUT2D eigenvalue weighted by atomic mass is 10.3. The summed E-state index contributed by atoms with van der Waals surface area (Å²) in [7, 11) is 0. The summed E-state index contributed by atoms with van der Waals surface area (Å²) in [5, 5.41) is 8.92. The number of fused-ring (bicyclic) bond motifs is 1. The van der Waals surface area contributed by atoms with E-state index in [1.165, 1.54) is 0 Å². The van der Waals surface area contributed by atoms with Gasteiger partial charge in [0.15, 0.2) is 11.0 Å². The second-order valence-electron chi connectivity index (χ2n) is 4.35. The van der Waals surface area contributed by atoms with Crippen LogP contribution in [0.3, 0.4) is 0 Å². The van der Waals surface area contributed by atoms with E-state index in [4.69, 9.17) is 4.52 Å². The summed E-state index contributed by atoms with van der Waals surface area (Å²) in [6.45, 7) is 0. The molecule has 0 aromatic carbocycles. The van der Waals surface area contributed by atoms with Crippen LogP contribution in [0.15, 0.2) is 57.1 Å². The molecule has 7 heteroatoms. The molecule has 0 aliphatic rings. The minimum absolute atomic E-state index is 0.569. The van der Waals surface area contributed by atoms with Crippen molar-refractivity contribution < 1.29 is 4.52 Å². The van der Waals surface area contributed by atoms with Gasteiger partial charge in [-0.25, -0.2) is 4.98 Å². The highest BCUT2D eigenvalue weighted by Crippen LogP contribution is 2.24. The van der Waals surface area contributed by atoms with Crippen molar-refractivity contribution in [1.82, 2.24) is 19.5 Å². The first-order chi connectivity index (χ1) is 10.4. The summed E-state index contributed by atoms with van der Waals surface area (Å²) in [4.78, 5) is 8.81. The summed E-state index contributed by atoms with van der Waals surface area (Å²) in [6.07, 6.45) is 3.85. The molecule has 0 N–H and O–H groups in total. The number of nitrogens with zero attached hydrogens (tertiary/aromatic N) is 4. The van der Waals surface area contributed by atoms with Crippen molar-refractivity contribution in [2.75, 3.05) is 0 Å². The first kappa shape index (κ1) is 12.6. The van der Waals surface area contributed by atoms with Gasteiger partial charge in [0.1, 0.15) is 0 Å². The maximum Gasteiger partial charge on any atom is 0.258 e.